The molecular weight excluding hydrogens is 719 g/mol. The quantitative estimate of drug-likeness (QED) is 0.164. The summed E-state index contributed by atoms with van der Waals surface area (Å²) in [6, 6.07) is 51.5. The lowest BCUT2D eigenvalue weighted by Crippen LogP contribution is -1.93. The van der Waals surface area contributed by atoms with Crippen molar-refractivity contribution in [2.45, 2.75) is 0 Å². The molecule has 274 valence electrons. The number of benzene rings is 8. The molecule has 0 saturated heterocycles. The van der Waals surface area contributed by atoms with Gasteiger partial charge in [-0.2, -0.15) is 0 Å². The van der Waals surface area contributed by atoms with Gasteiger partial charge in [-0.15, -0.1) is 0 Å². The van der Waals surface area contributed by atoms with E-state index in [0.29, 0.717) is 22.1 Å². The van der Waals surface area contributed by atoms with Crippen molar-refractivity contribution in [1.82, 2.24) is 15.0 Å². The van der Waals surface area contributed by atoms with Crippen LogP contribution in [0, 0.1) is 0 Å². The average Bonchev–Trinajstić information content (AvgIpc) is 3.73. The van der Waals surface area contributed by atoms with Gasteiger partial charge in [0.2, 0.25) is 0 Å². The zero-order valence-corrected chi connectivity index (χ0v) is 31.4. The van der Waals surface area contributed by atoms with Gasteiger partial charge < -0.3 is 4.42 Å². The van der Waals surface area contributed by atoms with E-state index in [0.717, 1.165) is 93.5 Å². The van der Waals surface area contributed by atoms with Crippen molar-refractivity contribution in [1.29, 1.82) is 0 Å². The molecule has 8 aromatic carbocycles. The van der Waals surface area contributed by atoms with Crippen LogP contribution in [-0.2, 0) is 0 Å². The van der Waals surface area contributed by atoms with E-state index >= 15 is 0 Å². The van der Waals surface area contributed by atoms with Gasteiger partial charge in [0.25, 0.3) is 0 Å². The van der Waals surface area contributed by atoms with Gasteiger partial charge >= 0.3 is 0 Å². The van der Waals surface area contributed by atoms with Crippen LogP contribution in [0.2, 0.25) is 0 Å². The number of para-hydroxylation sites is 1. The lowest BCUT2D eigenvalue weighted by molar-refractivity contribution is 0.669. The summed E-state index contributed by atoms with van der Waals surface area (Å²) in [5, 5.41) is 7.78. The SMILES string of the molecule is [2H]c1c([2H])c([2H])c(-c2cc(-c3cc(-c4cnc5c(ccc6cccnc65)c4)cc(-c4cc5ccccc5c(-c5ccc6ccccc6c5)n4)c3)cc3oc4ccccc4c23)c([2H])c1[2H]. The Morgan fingerprint density at radius 3 is 2.00 bits per heavy atom. The molecule has 0 unspecified atom stereocenters. The second kappa shape index (κ2) is 13.3. The van der Waals surface area contributed by atoms with E-state index in [1.807, 2.05) is 79.0 Å². The van der Waals surface area contributed by atoms with E-state index in [2.05, 4.69) is 89.9 Å². The van der Waals surface area contributed by atoms with Gasteiger partial charge in [-0.25, -0.2) is 4.98 Å². The molecule has 4 nitrogen and oxygen atoms in total. The zero-order chi connectivity index (χ0) is 43.2. The largest absolute Gasteiger partial charge is 0.456 e. The van der Waals surface area contributed by atoms with Gasteiger partial charge in [0, 0.05) is 56.0 Å². The Morgan fingerprint density at radius 2 is 1.10 bits per heavy atom. The molecule has 4 aromatic heterocycles. The Labute approximate surface area is 346 Å². The minimum Gasteiger partial charge on any atom is -0.456 e. The molecule has 0 fully saturated rings. The number of hydrogen-bond acceptors (Lipinski definition) is 4. The minimum atomic E-state index is -0.445. The van der Waals surface area contributed by atoms with E-state index < -0.39 is 18.1 Å². The summed E-state index contributed by atoms with van der Waals surface area (Å²) in [7, 11) is 0. The second-order valence-electron chi connectivity index (χ2n) is 14.9. The van der Waals surface area contributed by atoms with Crippen LogP contribution in [0.4, 0.5) is 0 Å². The number of fused-ring (bicyclic) bond motifs is 8. The first-order valence-corrected chi connectivity index (χ1v) is 19.5. The third kappa shape index (κ3) is 5.65. The Bertz CT molecular complexity index is 3910. The number of rotatable bonds is 5. The minimum absolute atomic E-state index is 0.108. The monoisotopic (exact) mass is 756 g/mol. The molecule has 0 spiro atoms. The van der Waals surface area contributed by atoms with Gasteiger partial charge in [-0.3, -0.25) is 9.97 Å². The van der Waals surface area contributed by atoms with E-state index in [4.69, 9.17) is 21.2 Å². The number of pyridine rings is 3. The van der Waals surface area contributed by atoms with Crippen molar-refractivity contribution in [3.8, 4) is 55.9 Å². The first-order chi connectivity index (χ1) is 31.3. The standard InChI is InChI=1S/C55H33N3O/c1-2-12-35(13-3-1)48-30-43(32-51-52(48)47-18-8-9-19-50(47)59-51)41-27-42(45-26-40-23-21-36-16-10-24-56-54(36)55(40)57-33-45)29-44(28-41)49-31-38-15-6-7-17-46(38)53(58-49)39-22-20-34-11-4-5-14-37(34)25-39/h1-33H/i1D,2D,3D,12D,13D. The van der Waals surface area contributed by atoms with Gasteiger partial charge in [0.05, 0.1) is 29.3 Å². The summed E-state index contributed by atoms with van der Waals surface area (Å²) < 4.78 is 50.3. The number of nitrogens with zero attached hydrogens (tertiary/aromatic N) is 3. The lowest BCUT2D eigenvalue weighted by Gasteiger charge is -2.15. The first kappa shape index (κ1) is 28.4. The van der Waals surface area contributed by atoms with Crippen molar-refractivity contribution >= 4 is 65.3 Å². The van der Waals surface area contributed by atoms with Crippen LogP contribution in [0.5, 0.6) is 0 Å². The molecule has 59 heavy (non-hydrogen) atoms. The topological polar surface area (TPSA) is 51.8 Å². The van der Waals surface area contributed by atoms with Gasteiger partial charge in [-0.05, 0) is 105 Å². The first-order valence-electron chi connectivity index (χ1n) is 22.0. The van der Waals surface area contributed by atoms with Crippen LogP contribution in [0.25, 0.3) is 121 Å². The highest BCUT2D eigenvalue weighted by molar-refractivity contribution is 6.14. The van der Waals surface area contributed by atoms with Crippen molar-refractivity contribution in [3.05, 3.63) is 200 Å². The zero-order valence-electron chi connectivity index (χ0n) is 36.4. The highest BCUT2D eigenvalue weighted by Gasteiger charge is 2.18. The van der Waals surface area contributed by atoms with Gasteiger partial charge in [-0.1, -0.05) is 127 Å². The van der Waals surface area contributed by atoms with Crippen LogP contribution in [-0.4, -0.2) is 15.0 Å². The Hall–Kier alpha value is -7.95. The molecular formula is C55H33N3O. The average molecular weight is 757 g/mol. The summed E-state index contributed by atoms with van der Waals surface area (Å²) in [5.41, 5.74) is 10.2. The molecule has 0 N–H and O–H groups in total. The fraction of sp³-hybridized carbons (Fsp3) is 0. The van der Waals surface area contributed by atoms with Crippen LogP contribution in [0.1, 0.15) is 6.85 Å². The van der Waals surface area contributed by atoms with E-state index in [1.165, 1.54) is 0 Å². The molecule has 0 atom stereocenters. The third-order valence-electron chi connectivity index (χ3n) is 11.3. The fourth-order valence-corrected chi connectivity index (χ4v) is 8.51. The molecule has 0 bridgehead atoms. The maximum atomic E-state index is 9.07. The highest BCUT2D eigenvalue weighted by atomic mass is 16.3. The highest BCUT2D eigenvalue weighted by Crippen LogP contribution is 2.42. The molecule has 0 aliphatic heterocycles. The van der Waals surface area contributed by atoms with Gasteiger partial charge in [0.1, 0.15) is 11.2 Å². The van der Waals surface area contributed by atoms with Gasteiger partial charge in [0.15, 0.2) is 0 Å². The summed E-state index contributed by atoms with van der Waals surface area (Å²) in [6.45, 7) is 0. The van der Waals surface area contributed by atoms with Crippen LogP contribution in [0.15, 0.2) is 205 Å². The maximum absolute atomic E-state index is 9.07. The Kier molecular flexibility index (Phi) is 6.43. The predicted molar refractivity (Wildman–Crippen MR) is 244 cm³/mol. The summed E-state index contributed by atoms with van der Waals surface area (Å²) >= 11 is 0. The smallest absolute Gasteiger partial charge is 0.136 e. The Balaban J connectivity index is 1.13. The predicted octanol–water partition coefficient (Wildman–Crippen LogP) is 14.7. The molecule has 12 aromatic rings. The van der Waals surface area contributed by atoms with E-state index in [-0.39, 0.29) is 17.6 Å². The molecule has 0 radical (unpaired) electrons. The molecule has 4 heteroatoms. The second-order valence-corrected chi connectivity index (χ2v) is 14.9. The third-order valence-corrected chi connectivity index (χ3v) is 11.3. The van der Waals surface area contributed by atoms with Crippen LogP contribution < -0.4 is 0 Å². The number of aromatic nitrogens is 3. The van der Waals surface area contributed by atoms with E-state index in [1.54, 1.807) is 6.20 Å². The molecule has 0 aliphatic rings. The van der Waals surface area contributed by atoms with Crippen molar-refractivity contribution in [2.75, 3.05) is 0 Å². The summed E-state index contributed by atoms with van der Waals surface area (Å²) in [5.74, 6) is 0. The molecule has 4 heterocycles. The molecule has 0 saturated carbocycles. The lowest BCUT2D eigenvalue weighted by atomic mass is 9.91. The normalized spacial score (nSPS) is 12.9. The van der Waals surface area contributed by atoms with Crippen LogP contribution in [0.3, 0.4) is 0 Å². The van der Waals surface area contributed by atoms with Crippen molar-refractivity contribution < 1.29 is 11.3 Å². The van der Waals surface area contributed by atoms with Crippen molar-refractivity contribution in [3.63, 3.8) is 0 Å². The molecule has 12 rings (SSSR count). The van der Waals surface area contributed by atoms with Crippen LogP contribution >= 0.6 is 0 Å². The van der Waals surface area contributed by atoms with Crippen molar-refractivity contribution in [2.24, 2.45) is 0 Å². The summed E-state index contributed by atoms with van der Waals surface area (Å²) in [4.78, 5) is 15.1. The number of hydrogen-bond donors (Lipinski definition) is 0. The molecule has 0 amide bonds. The Morgan fingerprint density at radius 1 is 0.424 bits per heavy atom. The number of furan rings is 1. The maximum Gasteiger partial charge on any atom is 0.136 e. The fourth-order valence-electron chi connectivity index (χ4n) is 8.51. The van der Waals surface area contributed by atoms with E-state index in [9.17, 15) is 0 Å². The summed E-state index contributed by atoms with van der Waals surface area (Å²) in [6.07, 6.45) is 3.67. The molecule has 0 aliphatic carbocycles.